The molecule has 1 aromatic heterocycles. The molecule has 0 radical (unpaired) electrons. The molecule has 0 aliphatic carbocycles. The van der Waals surface area contributed by atoms with Gasteiger partial charge < -0.3 is 5.11 Å². The van der Waals surface area contributed by atoms with Crippen molar-refractivity contribution in [2.75, 3.05) is 0 Å². The van der Waals surface area contributed by atoms with E-state index in [2.05, 4.69) is 5.10 Å². The van der Waals surface area contributed by atoms with E-state index in [-0.39, 0.29) is 11.3 Å². The minimum atomic E-state index is -4.64. The van der Waals surface area contributed by atoms with Crippen molar-refractivity contribution < 1.29 is 18.3 Å². The molecule has 1 atom stereocenters. The molecule has 0 fully saturated rings. The summed E-state index contributed by atoms with van der Waals surface area (Å²) in [5.41, 5.74) is 0.377. The Morgan fingerprint density at radius 1 is 1.36 bits per heavy atom. The number of rotatable bonds is 1. The number of aliphatic hydroxyl groups is 1. The van der Waals surface area contributed by atoms with Gasteiger partial charge in [0.25, 0.3) is 0 Å². The minimum Gasteiger partial charge on any atom is -0.379 e. The van der Waals surface area contributed by atoms with E-state index in [1.807, 2.05) is 0 Å². The van der Waals surface area contributed by atoms with Crippen molar-refractivity contribution in [3.8, 4) is 0 Å². The average molecular weight is 208 g/mol. The summed E-state index contributed by atoms with van der Waals surface area (Å²) in [4.78, 5) is 0. The third-order valence-corrected chi connectivity index (χ3v) is 2.15. The van der Waals surface area contributed by atoms with E-state index in [0.29, 0.717) is 5.69 Å². The summed E-state index contributed by atoms with van der Waals surface area (Å²) in [5, 5.41) is 12.9. The standard InChI is InChI=1S/C8H11F3N2O/c1-4-6(5(2)13(3)12-4)7(14)8(9,10)11/h7,14H,1-3H3/t7-/m1/s1. The molecule has 1 aromatic rings. The molecule has 0 aliphatic heterocycles. The largest absolute Gasteiger partial charge is 0.418 e. The highest BCUT2D eigenvalue weighted by molar-refractivity contribution is 5.27. The fourth-order valence-electron chi connectivity index (χ4n) is 1.35. The molecule has 14 heavy (non-hydrogen) atoms. The third kappa shape index (κ3) is 1.75. The summed E-state index contributed by atoms with van der Waals surface area (Å²) in [7, 11) is 1.54. The van der Waals surface area contributed by atoms with Crippen LogP contribution in [0, 0.1) is 13.8 Å². The number of hydrogen-bond acceptors (Lipinski definition) is 2. The molecule has 0 unspecified atom stereocenters. The van der Waals surface area contributed by atoms with Crippen LogP contribution in [-0.4, -0.2) is 21.1 Å². The maximum Gasteiger partial charge on any atom is 0.418 e. The molecule has 6 heteroatoms. The Labute approximate surface area is 79.2 Å². The van der Waals surface area contributed by atoms with Crippen molar-refractivity contribution in [2.24, 2.45) is 7.05 Å². The molecule has 1 N–H and O–H groups in total. The van der Waals surface area contributed by atoms with Gasteiger partial charge in [0.1, 0.15) is 0 Å². The quantitative estimate of drug-likeness (QED) is 0.761. The number of aromatic nitrogens is 2. The van der Waals surface area contributed by atoms with E-state index in [1.165, 1.54) is 25.6 Å². The molecular formula is C8H11F3N2O. The number of aliphatic hydroxyl groups excluding tert-OH is 1. The second kappa shape index (κ2) is 3.27. The van der Waals surface area contributed by atoms with Gasteiger partial charge in [0.2, 0.25) is 0 Å². The Balaban J connectivity index is 3.19. The second-order valence-corrected chi connectivity index (χ2v) is 3.15. The van der Waals surface area contributed by atoms with Crippen molar-refractivity contribution >= 4 is 0 Å². The van der Waals surface area contributed by atoms with Crippen molar-refractivity contribution in [1.82, 2.24) is 9.78 Å². The summed E-state index contributed by atoms with van der Waals surface area (Å²) in [6.45, 7) is 2.93. The molecule has 0 saturated heterocycles. The van der Waals surface area contributed by atoms with Crippen LogP contribution < -0.4 is 0 Å². The van der Waals surface area contributed by atoms with E-state index >= 15 is 0 Å². The number of nitrogens with zero attached hydrogens (tertiary/aromatic N) is 2. The zero-order chi connectivity index (χ0) is 11.1. The first kappa shape index (κ1) is 11.0. The van der Waals surface area contributed by atoms with Crippen molar-refractivity contribution in [1.29, 1.82) is 0 Å². The van der Waals surface area contributed by atoms with Gasteiger partial charge in [0, 0.05) is 18.3 Å². The van der Waals surface area contributed by atoms with Crippen LogP contribution in [0.15, 0.2) is 0 Å². The van der Waals surface area contributed by atoms with E-state index in [4.69, 9.17) is 5.11 Å². The topological polar surface area (TPSA) is 38.0 Å². The van der Waals surface area contributed by atoms with Gasteiger partial charge in [-0.1, -0.05) is 0 Å². The molecule has 0 spiro atoms. The Hall–Kier alpha value is -1.04. The van der Waals surface area contributed by atoms with E-state index in [1.54, 1.807) is 0 Å². The molecule has 0 amide bonds. The van der Waals surface area contributed by atoms with E-state index in [9.17, 15) is 13.2 Å². The molecule has 0 bridgehead atoms. The predicted octanol–water partition coefficient (Wildman–Crippen LogP) is 1.63. The molecule has 0 saturated carbocycles. The van der Waals surface area contributed by atoms with Gasteiger partial charge in [-0.05, 0) is 13.8 Å². The van der Waals surface area contributed by atoms with Crippen LogP contribution >= 0.6 is 0 Å². The van der Waals surface area contributed by atoms with Crippen LogP contribution in [0.2, 0.25) is 0 Å². The van der Waals surface area contributed by atoms with Crippen LogP contribution in [0.5, 0.6) is 0 Å². The van der Waals surface area contributed by atoms with Gasteiger partial charge in [-0.2, -0.15) is 18.3 Å². The summed E-state index contributed by atoms with van der Waals surface area (Å²) in [6.07, 6.45) is -7.09. The first-order valence-electron chi connectivity index (χ1n) is 4.00. The Kier molecular flexibility index (Phi) is 2.58. The minimum absolute atomic E-state index is 0.153. The molecule has 3 nitrogen and oxygen atoms in total. The van der Waals surface area contributed by atoms with E-state index < -0.39 is 12.3 Å². The van der Waals surface area contributed by atoms with Gasteiger partial charge in [-0.25, -0.2) is 0 Å². The molecule has 80 valence electrons. The maximum atomic E-state index is 12.2. The fourth-order valence-corrected chi connectivity index (χ4v) is 1.35. The smallest absolute Gasteiger partial charge is 0.379 e. The third-order valence-electron chi connectivity index (χ3n) is 2.15. The lowest BCUT2D eigenvalue weighted by Gasteiger charge is -2.14. The Morgan fingerprint density at radius 3 is 2.14 bits per heavy atom. The van der Waals surface area contributed by atoms with Gasteiger partial charge in [0.05, 0.1) is 5.69 Å². The summed E-state index contributed by atoms with van der Waals surface area (Å²) >= 11 is 0. The average Bonchev–Trinajstić information content (AvgIpc) is 2.24. The molecule has 0 aliphatic rings. The van der Waals surface area contributed by atoms with Crippen LogP contribution in [0.4, 0.5) is 13.2 Å². The molecular weight excluding hydrogens is 197 g/mol. The fraction of sp³-hybridized carbons (Fsp3) is 0.625. The van der Waals surface area contributed by atoms with Gasteiger partial charge in [-0.3, -0.25) is 4.68 Å². The molecule has 0 aromatic carbocycles. The zero-order valence-electron chi connectivity index (χ0n) is 8.05. The second-order valence-electron chi connectivity index (χ2n) is 3.15. The highest BCUT2D eigenvalue weighted by Gasteiger charge is 2.42. The number of aryl methyl sites for hydroxylation is 2. The lowest BCUT2D eigenvalue weighted by Crippen LogP contribution is -2.21. The first-order chi connectivity index (χ1) is 6.25. The zero-order valence-corrected chi connectivity index (χ0v) is 8.05. The van der Waals surface area contributed by atoms with Crippen molar-refractivity contribution in [2.45, 2.75) is 26.1 Å². The SMILES string of the molecule is Cc1nn(C)c(C)c1[C@@H](O)C(F)(F)F. The Morgan fingerprint density at radius 2 is 1.86 bits per heavy atom. The number of halogens is 3. The maximum absolute atomic E-state index is 12.2. The number of hydrogen-bond donors (Lipinski definition) is 1. The molecule has 1 rings (SSSR count). The van der Waals surface area contributed by atoms with E-state index in [0.717, 1.165) is 0 Å². The van der Waals surface area contributed by atoms with Crippen LogP contribution in [-0.2, 0) is 7.05 Å². The molecule has 1 heterocycles. The monoisotopic (exact) mass is 208 g/mol. The van der Waals surface area contributed by atoms with Crippen LogP contribution in [0.25, 0.3) is 0 Å². The highest BCUT2D eigenvalue weighted by Crippen LogP contribution is 2.35. The van der Waals surface area contributed by atoms with Crippen molar-refractivity contribution in [3.63, 3.8) is 0 Å². The summed E-state index contributed by atoms with van der Waals surface area (Å²) < 4.78 is 38.0. The van der Waals surface area contributed by atoms with Crippen LogP contribution in [0.3, 0.4) is 0 Å². The lowest BCUT2D eigenvalue weighted by molar-refractivity contribution is -0.207. The van der Waals surface area contributed by atoms with Crippen LogP contribution in [0.1, 0.15) is 23.1 Å². The first-order valence-corrected chi connectivity index (χ1v) is 4.00. The lowest BCUT2D eigenvalue weighted by atomic mass is 10.1. The summed E-state index contributed by atoms with van der Waals surface area (Å²) in [6, 6.07) is 0. The predicted molar refractivity (Wildman–Crippen MR) is 43.7 cm³/mol. The van der Waals surface area contributed by atoms with Gasteiger partial charge >= 0.3 is 6.18 Å². The van der Waals surface area contributed by atoms with Gasteiger partial charge in [0.15, 0.2) is 6.10 Å². The number of alkyl halides is 3. The highest BCUT2D eigenvalue weighted by atomic mass is 19.4. The summed E-state index contributed by atoms with van der Waals surface area (Å²) in [5.74, 6) is 0. The Bertz CT molecular complexity index is 343. The normalized spacial score (nSPS) is 14.5. The van der Waals surface area contributed by atoms with Crippen molar-refractivity contribution in [3.05, 3.63) is 17.0 Å². The van der Waals surface area contributed by atoms with Gasteiger partial charge in [-0.15, -0.1) is 0 Å².